The van der Waals surface area contributed by atoms with Crippen LogP contribution in [0.3, 0.4) is 0 Å². The number of ether oxygens (including phenoxy) is 1. The zero-order valence-corrected chi connectivity index (χ0v) is 18.2. The van der Waals surface area contributed by atoms with Gasteiger partial charge in [0.25, 0.3) is 0 Å². The first-order chi connectivity index (χ1) is 12.4. The second-order valence-electron chi connectivity index (χ2n) is 8.78. The molecule has 146 valence electrons. The summed E-state index contributed by atoms with van der Waals surface area (Å²) in [6.07, 6.45) is 18.2. The van der Waals surface area contributed by atoms with Crippen LogP contribution in [-0.4, -0.2) is 11.7 Å². The molecule has 2 bridgehead atoms. The van der Waals surface area contributed by atoms with Gasteiger partial charge in [-0.1, -0.05) is 35.3 Å². The van der Waals surface area contributed by atoms with Gasteiger partial charge in [-0.2, -0.15) is 0 Å². The van der Waals surface area contributed by atoms with E-state index in [0.29, 0.717) is 6.61 Å². The van der Waals surface area contributed by atoms with Crippen LogP contribution in [0.15, 0.2) is 34.9 Å². The first kappa shape index (κ1) is 21.4. The minimum Gasteiger partial charge on any atom is -0.483 e. The normalized spacial score (nSPS) is 25.5. The van der Waals surface area contributed by atoms with Crippen LogP contribution in [0.2, 0.25) is 0 Å². The van der Waals surface area contributed by atoms with Gasteiger partial charge in [-0.15, -0.1) is 0 Å². The molecule has 0 amide bonds. The van der Waals surface area contributed by atoms with E-state index in [9.17, 15) is 0 Å². The minimum atomic E-state index is 0.648. The van der Waals surface area contributed by atoms with Crippen molar-refractivity contribution in [3.8, 4) is 0 Å². The predicted molar refractivity (Wildman–Crippen MR) is 118 cm³/mol. The molecule has 0 spiro atoms. The number of hydrogen-bond donors (Lipinski definition) is 0. The van der Waals surface area contributed by atoms with Crippen molar-refractivity contribution in [3.63, 3.8) is 0 Å². The molecule has 0 aliphatic heterocycles. The Balaban J connectivity index is 1.57. The van der Waals surface area contributed by atoms with Gasteiger partial charge in [0.2, 0.25) is 0 Å². The van der Waals surface area contributed by atoms with E-state index in [4.69, 9.17) is 17.0 Å². The molecule has 0 saturated heterocycles. The predicted octanol–water partition coefficient (Wildman–Crippen LogP) is 7.58. The molecular formula is C24H38OS. The molecule has 0 aromatic carbocycles. The number of thiocarbonyl (C=S) groups is 1. The molecule has 0 N–H and O–H groups in total. The van der Waals surface area contributed by atoms with Gasteiger partial charge in [0.1, 0.15) is 6.61 Å². The maximum absolute atomic E-state index is 5.82. The van der Waals surface area contributed by atoms with E-state index < -0.39 is 0 Å². The zero-order chi connectivity index (χ0) is 18.9. The Kier molecular flexibility index (Phi) is 9.11. The molecule has 3 unspecified atom stereocenters. The fraction of sp³-hybridized carbons (Fsp3) is 0.708. The lowest BCUT2D eigenvalue weighted by molar-refractivity contribution is 0.299. The molecule has 2 heteroatoms. The molecule has 26 heavy (non-hydrogen) atoms. The highest BCUT2D eigenvalue weighted by Crippen LogP contribution is 2.49. The largest absolute Gasteiger partial charge is 0.483 e. The highest BCUT2D eigenvalue weighted by molar-refractivity contribution is 7.80. The van der Waals surface area contributed by atoms with E-state index in [2.05, 4.69) is 45.9 Å². The molecule has 2 aliphatic rings. The summed E-state index contributed by atoms with van der Waals surface area (Å²) in [5.74, 6) is 2.74. The molecule has 0 aromatic rings. The van der Waals surface area contributed by atoms with Gasteiger partial charge in [0.15, 0.2) is 5.05 Å². The Hall–Kier alpha value is -0.890. The monoisotopic (exact) mass is 374 g/mol. The summed E-state index contributed by atoms with van der Waals surface area (Å²) < 4.78 is 5.82. The fourth-order valence-electron chi connectivity index (χ4n) is 4.52. The highest BCUT2D eigenvalue weighted by atomic mass is 32.1. The minimum absolute atomic E-state index is 0.648. The van der Waals surface area contributed by atoms with Crippen molar-refractivity contribution in [1.82, 2.24) is 0 Å². The van der Waals surface area contributed by atoms with Gasteiger partial charge in [-0.25, -0.2) is 0 Å². The summed E-state index contributed by atoms with van der Waals surface area (Å²) in [5, 5.41) is 0.835. The van der Waals surface area contributed by atoms with Crippen molar-refractivity contribution in [3.05, 3.63) is 34.9 Å². The Labute approximate surface area is 167 Å². The summed E-state index contributed by atoms with van der Waals surface area (Å²) in [4.78, 5) is 0. The third-order valence-corrected chi connectivity index (χ3v) is 6.40. The maximum Gasteiger partial charge on any atom is 0.160 e. The Morgan fingerprint density at radius 1 is 0.923 bits per heavy atom. The molecule has 1 nitrogen and oxygen atoms in total. The van der Waals surface area contributed by atoms with E-state index in [1.54, 1.807) is 0 Å². The van der Waals surface area contributed by atoms with Crippen LogP contribution in [0.25, 0.3) is 0 Å². The molecule has 0 heterocycles. The van der Waals surface area contributed by atoms with E-state index in [-0.39, 0.29) is 0 Å². The summed E-state index contributed by atoms with van der Waals surface area (Å²) in [6, 6.07) is 0. The SMILES string of the molecule is CC(C)=CCC/C(C)=C/CC/C(C)=C/COC(=S)CC1CC2CCC1C2. The standard InChI is InChI=1S/C24H38OS/c1-18(2)7-5-8-19(3)9-6-10-20(4)13-14-25-24(26)17-23-16-21-11-12-22(23)15-21/h7,9,13,21-23H,5-6,8,10-12,14-17H2,1-4H3/b19-9+,20-13+. The van der Waals surface area contributed by atoms with Crippen LogP contribution in [-0.2, 0) is 4.74 Å². The maximum atomic E-state index is 5.82. The molecule has 2 fully saturated rings. The lowest BCUT2D eigenvalue weighted by Gasteiger charge is -2.21. The van der Waals surface area contributed by atoms with Crippen molar-refractivity contribution in [1.29, 1.82) is 0 Å². The molecule has 2 saturated carbocycles. The smallest absolute Gasteiger partial charge is 0.160 e. The van der Waals surface area contributed by atoms with Gasteiger partial charge >= 0.3 is 0 Å². The lowest BCUT2D eigenvalue weighted by Crippen LogP contribution is -2.16. The van der Waals surface area contributed by atoms with Crippen LogP contribution < -0.4 is 0 Å². The highest BCUT2D eigenvalue weighted by Gasteiger charge is 2.39. The van der Waals surface area contributed by atoms with E-state index in [0.717, 1.165) is 48.5 Å². The summed E-state index contributed by atoms with van der Waals surface area (Å²) in [5.41, 5.74) is 4.31. The average molecular weight is 375 g/mol. The second kappa shape index (κ2) is 11.1. The number of allylic oxidation sites excluding steroid dienone is 5. The fourth-order valence-corrected chi connectivity index (χ4v) is 4.80. The van der Waals surface area contributed by atoms with Crippen molar-refractivity contribution < 1.29 is 4.74 Å². The average Bonchev–Trinajstić information content (AvgIpc) is 3.17. The van der Waals surface area contributed by atoms with Crippen LogP contribution in [0.1, 0.15) is 85.5 Å². The zero-order valence-electron chi connectivity index (χ0n) is 17.4. The van der Waals surface area contributed by atoms with Gasteiger partial charge in [0.05, 0.1) is 0 Å². The van der Waals surface area contributed by atoms with Gasteiger partial charge in [0, 0.05) is 6.42 Å². The van der Waals surface area contributed by atoms with Crippen LogP contribution >= 0.6 is 12.2 Å². The van der Waals surface area contributed by atoms with Crippen LogP contribution in [0, 0.1) is 17.8 Å². The van der Waals surface area contributed by atoms with Gasteiger partial charge in [-0.3, -0.25) is 0 Å². The van der Waals surface area contributed by atoms with Gasteiger partial charge in [-0.05, 0) is 109 Å². The van der Waals surface area contributed by atoms with Gasteiger partial charge < -0.3 is 4.74 Å². The molecule has 2 aliphatic carbocycles. The van der Waals surface area contributed by atoms with Crippen LogP contribution in [0.5, 0.6) is 0 Å². The lowest BCUT2D eigenvalue weighted by atomic mass is 9.87. The van der Waals surface area contributed by atoms with Crippen molar-refractivity contribution >= 4 is 17.3 Å². The van der Waals surface area contributed by atoms with E-state index >= 15 is 0 Å². The van der Waals surface area contributed by atoms with E-state index in [1.165, 1.54) is 48.8 Å². The van der Waals surface area contributed by atoms with Crippen molar-refractivity contribution in [2.24, 2.45) is 17.8 Å². The Bertz CT molecular complexity index is 551. The van der Waals surface area contributed by atoms with E-state index in [1.807, 2.05) is 0 Å². The summed E-state index contributed by atoms with van der Waals surface area (Å²) in [7, 11) is 0. The Morgan fingerprint density at radius 3 is 2.23 bits per heavy atom. The second-order valence-corrected chi connectivity index (χ2v) is 9.24. The molecule has 3 atom stereocenters. The first-order valence-corrected chi connectivity index (χ1v) is 10.9. The molecule has 0 aromatic heterocycles. The molecular weight excluding hydrogens is 336 g/mol. The Morgan fingerprint density at radius 2 is 1.62 bits per heavy atom. The molecule has 2 rings (SSSR count). The topological polar surface area (TPSA) is 9.23 Å². The van der Waals surface area contributed by atoms with Crippen molar-refractivity contribution in [2.75, 3.05) is 6.61 Å². The molecule has 0 radical (unpaired) electrons. The third kappa shape index (κ3) is 7.78. The number of hydrogen-bond acceptors (Lipinski definition) is 2. The summed E-state index contributed by atoms with van der Waals surface area (Å²) in [6.45, 7) is 9.43. The number of fused-ring (bicyclic) bond motifs is 2. The first-order valence-electron chi connectivity index (χ1n) is 10.5. The summed E-state index contributed by atoms with van der Waals surface area (Å²) >= 11 is 5.47. The van der Waals surface area contributed by atoms with Crippen molar-refractivity contribution in [2.45, 2.75) is 85.5 Å². The third-order valence-electron chi connectivity index (χ3n) is 6.11. The van der Waals surface area contributed by atoms with Crippen LogP contribution in [0.4, 0.5) is 0 Å². The number of rotatable bonds is 10. The quantitative estimate of drug-likeness (QED) is 0.288.